The van der Waals surface area contributed by atoms with Crippen LogP contribution in [0.1, 0.15) is 16.2 Å². The molecule has 1 aromatic carbocycles. The van der Waals surface area contributed by atoms with E-state index >= 15 is 0 Å². The third-order valence-electron chi connectivity index (χ3n) is 3.91. The molecule has 1 amide bonds. The third kappa shape index (κ3) is 3.67. The molecule has 0 unspecified atom stereocenters. The monoisotopic (exact) mass is 435 g/mol. The van der Waals surface area contributed by atoms with Gasteiger partial charge in [0.2, 0.25) is 0 Å². The Bertz CT molecular complexity index is 1100. The minimum Gasteiger partial charge on any atom is -0.467 e. The van der Waals surface area contributed by atoms with Crippen LogP contribution in [0.25, 0.3) is 17.1 Å². The van der Waals surface area contributed by atoms with E-state index in [-0.39, 0.29) is 28.2 Å². The average molecular weight is 437 g/mol. The normalized spacial score (nSPS) is 11.0. The zero-order valence-corrected chi connectivity index (χ0v) is 16.4. The predicted octanol–water partition coefficient (Wildman–Crippen LogP) is 5.62. The molecule has 9 heteroatoms. The topological polar surface area (TPSA) is 73.2 Å². The van der Waals surface area contributed by atoms with Crippen LogP contribution in [-0.4, -0.2) is 15.7 Å². The van der Waals surface area contributed by atoms with Gasteiger partial charge >= 0.3 is 0 Å². The summed E-state index contributed by atoms with van der Waals surface area (Å²) in [5.41, 5.74) is 1.02. The van der Waals surface area contributed by atoms with Crippen molar-refractivity contribution < 1.29 is 13.6 Å². The molecule has 0 radical (unpaired) electrons. The number of hydrogen-bond donors (Lipinski definition) is 1. The Hall–Kier alpha value is -2.67. The smallest absolute Gasteiger partial charge is 0.270 e. The van der Waals surface area contributed by atoms with Crippen LogP contribution in [0.15, 0.2) is 63.8 Å². The van der Waals surface area contributed by atoms with E-state index in [4.69, 9.17) is 43.6 Å². The summed E-state index contributed by atoms with van der Waals surface area (Å²) in [5.74, 6) is 0.733. The lowest BCUT2D eigenvalue weighted by atomic mass is 10.2. The van der Waals surface area contributed by atoms with Crippen LogP contribution in [0, 0.1) is 0 Å². The molecule has 6 nitrogen and oxygen atoms in total. The van der Waals surface area contributed by atoms with Crippen LogP contribution in [0.3, 0.4) is 0 Å². The molecule has 3 heterocycles. The number of amides is 1. The van der Waals surface area contributed by atoms with Crippen LogP contribution in [0.2, 0.25) is 15.1 Å². The zero-order valence-electron chi connectivity index (χ0n) is 14.2. The van der Waals surface area contributed by atoms with E-state index < -0.39 is 0 Å². The highest BCUT2D eigenvalue weighted by atomic mass is 35.5. The summed E-state index contributed by atoms with van der Waals surface area (Å²) < 4.78 is 12.0. The van der Waals surface area contributed by atoms with Crippen LogP contribution in [0.5, 0.6) is 0 Å². The second-order valence-electron chi connectivity index (χ2n) is 5.78. The average Bonchev–Trinajstić information content (AvgIpc) is 3.39. The highest BCUT2D eigenvalue weighted by Crippen LogP contribution is 2.34. The molecule has 3 aromatic heterocycles. The molecular formula is C19H12Cl3N3O3. The Morgan fingerprint density at radius 2 is 1.75 bits per heavy atom. The Balaban J connectivity index is 1.77. The molecule has 0 saturated heterocycles. The molecule has 0 aliphatic carbocycles. The lowest BCUT2D eigenvalue weighted by Gasteiger charge is -2.11. The van der Waals surface area contributed by atoms with Crippen molar-refractivity contribution in [3.8, 4) is 17.1 Å². The minimum atomic E-state index is -0.385. The van der Waals surface area contributed by atoms with Gasteiger partial charge in [-0.05, 0) is 36.4 Å². The Morgan fingerprint density at radius 3 is 2.39 bits per heavy atom. The largest absolute Gasteiger partial charge is 0.467 e. The van der Waals surface area contributed by atoms with Crippen molar-refractivity contribution in [1.29, 1.82) is 0 Å². The summed E-state index contributed by atoms with van der Waals surface area (Å²) in [5, 5.41) is 8.14. The van der Waals surface area contributed by atoms with E-state index in [1.165, 1.54) is 29.3 Å². The highest BCUT2D eigenvalue weighted by Gasteiger charge is 2.22. The van der Waals surface area contributed by atoms with Crippen molar-refractivity contribution >= 4 is 40.7 Å². The number of carbonyl (C=O) groups excluding carboxylic acids is 1. The Morgan fingerprint density at radius 1 is 1.04 bits per heavy atom. The van der Waals surface area contributed by atoms with Crippen molar-refractivity contribution in [2.75, 3.05) is 0 Å². The summed E-state index contributed by atoms with van der Waals surface area (Å²) >= 11 is 18.7. The molecule has 4 aromatic rings. The number of nitrogens with one attached hydrogen (secondary N) is 1. The summed E-state index contributed by atoms with van der Waals surface area (Å²) in [4.78, 5) is 12.9. The van der Waals surface area contributed by atoms with Crippen LogP contribution in [-0.2, 0) is 6.54 Å². The number of benzene rings is 1. The van der Waals surface area contributed by atoms with Gasteiger partial charge in [-0.25, -0.2) is 4.68 Å². The fraction of sp³-hybridized carbons (Fsp3) is 0.0526. The van der Waals surface area contributed by atoms with Gasteiger partial charge in [0.25, 0.3) is 5.91 Å². The van der Waals surface area contributed by atoms with Crippen LogP contribution >= 0.6 is 34.8 Å². The van der Waals surface area contributed by atoms with E-state index in [0.29, 0.717) is 27.9 Å². The van der Waals surface area contributed by atoms with Gasteiger partial charge in [-0.2, -0.15) is 5.10 Å². The van der Waals surface area contributed by atoms with Gasteiger partial charge < -0.3 is 14.2 Å². The number of rotatable bonds is 5. The number of nitrogens with zero attached hydrogens (tertiary/aromatic N) is 2. The SMILES string of the molecule is O=C(NCc1ccco1)c1cc(-c2ccco2)nn1-c1c(Cl)cc(Cl)cc1Cl. The molecule has 0 aliphatic heterocycles. The molecule has 0 atom stereocenters. The standard InChI is InChI=1S/C19H12Cl3N3O3/c20-11-7-13(21)18(14(22)8-11)25-16(9-15(24-25)17-4-2-6-28-17)19(26)23-10-12-3-1-5-27-12/h1-9H,10H2,(H,23,26). The summed E-state index contributed by atoms with van der Waals surface area (Å²) in [6.07, 6.45) is 3.06. The van der Waals surface area contributed by atoms with Crippen molar-refractivity contribution in [2.24, 2.45) is 0 Å². The maximum atomic E-state index is 12.9. The fourth-order valence-corrected chi connectivity index (χ4v) is 3.64. The molecular weight excluding hydrogens is 425 g/mol. The van der Waals surface area contributed by atoms with Crippen LogP contribution in [0.4, 0.5) is 0 Å². The van der Waals surface area contributed by atoms with Crippen molar-refractivity contribution in [1.82, 2.24) is 15.1 Å². The lowest BCUT2D eigenvalue weighted by Crippen LogP contribution is -2.25. The number of aromatic nitrogens is 2. The van der Waals surface area contributed by atoms with Gasteiger partial charge in [-0.1, -0.05) is 34.8 Å². The molecule has 0 aliphatic rings. The summed E-state index contributed by atoms with van der Waals surface area (Å²) in [6, 6.07) is 11.6. The minimum absolute atomic E-state index is 0.217. The number of carbonyl (C=O) groups is 1. The van der Waals surface area contributed by atoms with E-state index in [0.717, 1.165) is 0 Å². The lowest BCUT2D eigenvalue weighted by molar-refractivity contribution is 0.0940. The van der Waals surface area contributed by atoms with Gasteiger partial charge in [0.05, 0.1) is 29.1 Å². The number of furan rings is 2. The van der Waals surface area contributed by atoms with Gasteiger partial charge in [0.15, 0.2) is 5.76 Å². The summed E-state index contributed by atoms with van der Waals surface area (Å²) in [6.45, 7) is 0.217. The summed E-state index contributed by atoms with van der Waals surface area (Å²) in [7, 11) is 0. The molecule has 142 valence electrons. The molecule has 0 fully saturated rings. The number of halogens is 3. The van der Waals surface area contributed by atoms with Crippen LogP contribution < -0.4 is 5.32 Å². The molecule has 0 saturated carbocycles. The number of hydrogen-bond acceptors (Lipinski definition) is 4. The van der Waals surface area contributed by atoms with Crippen molar-refractivity contribution in [2.45, 2.75) is 6.54 Å². The highest BCUT2D eigenvalue weighted by molar-refractivity contribution is 6.40. The first kappa shape index (κ1) is 18.7. The maximum absolute atomic E-state index is 12.9. The first-order valence-electron chi connectivity index (χ1n) is 8.12. The third-order valence-corrected chi connectivity index (χ3v) is 4.71. The van der Waals surface area contributed by atoms with E-state index in [2.05, 4.69) is 10.4 Å². The Kier molecular flexibility index (Phi) is 5.17. The fourth-order valence-electron chi connectivity index (χ4n) is 2.67. The maximum Gasteiger partial charge on any atom is 0.270 e. The first-order valence-corrected chi connectivity index (χ1v) is 9.26. The van der Waals surface area contributed by atoms with Gasteiger partial charge in [0.1, 0.15) is 22.8 Å². The zero-order chi connectivity index (χ0) is 19.7. The predicted molar refractivity (Wildman–Crippen MR) is 106 cm³/mol. The molecule has 28 heavy (non-hydrogen) atoms. The van der Waals surface area contributed by atoms with Crippen molar-refractivity contribution in [3.63, 3.8) is 0 Å². The van der Waals surface area contributed by atoms with Crippen molar-refractivity contribution in [3.05, 3.63) is 81.5 Å². The van der Waals surface area contributed by atoms with E-state index in [1.54, 1.807) is 30.3 Å². The second kappa shape index (κ2) is 7.75. The van der Waals surface area contributed by atoms with E-state index in [1.807, 2.05) is 0 Å². The second-order valence-corrected chi connectivity index (χ2v) is 7.03. The quantitative estimate of drug-likeness (QED) is 0.441. The van der Waals surface area contributed by atoms with Gasteiger partial charge in [0, 0.05) is 11.1 Å². The molecule has 1 N–H and O–H groups in total. The molecule has 0 spiro atoms. The van der Waals surface area contributed by atoms with Gasteiger partial charge in [-0.3, -0.25) is 4.79 Å². The Labute approximate surface area is 174 Å². The molecule has 4 rings (SSSR count). The molecule has 0 bridgehead atoms. The van der Waals surface area contributed by atoms with Gasteiger partial charge in [-0.15, -0.1) is 0 Å². The van der Waals surface area contributed by atoms with E-state index in [9.17, 15) is 4.79 Å². The first-order chi connectivity index (χ1) is 13.5.